The Hall–Kier alpha value is -2.82. The van der Waals surface area contributed by atoms with E-state index >= 15 is 0 Å². The number of ether oxygens (including phenoxy) is 1. The summed E-state index contributed by atoms with van der Waals surface area (Å²) in [6.45, 7) is 6.00. The van der Waals surface area contributed by atoms with Crippen molar-refractivity contribution in [2.45, 2.75) is 26.8 Å². The van der Waals surface area contributed by atoms with Crippen molar-refractivity contribution in [3.05, 3.63) is 59.7 Å². The second-order valence-electron chi connectivity index (χ2n) is 5.80. The van der Waals surface area contributed by atoms with Gasteiger partial charge < -0.3 is 15.0 Å². The van der Waals surface area contributed by atoms with Crippen molar-refractivity contribution < 1.29 is 14.3 Å². The normalized spacial score (nSPS) is 11.5. The summed E-state index contributed by atoms with van der Waals surface area (Å²) in [5.74, 6) is 0.584. The highest BCUT2D eigenvalue weighted by Crippen LogP contribution is 2.25. The van der Waals surface area contributed by atoms with Gasteiger partial charge in [-0.2, -0.15) is 0 Å². The number of carbonyl (C=O) groups excluding carboxylic acids is 2. The van der Waals surface area contributed by atoms with Gasteiger partial charge in [0.05, 0.1) is 13.2 Å². The number of benzene rings is 2. The number of anilines is 1. The molecule has 5 heteroatoms. The van der Waals surface area contributed by atoms with Crippen molar-refractivity contribution in [1.29, 1.82) is 0 Å². The monoisotopic (exact) mass is 340 g/mol. The van der Waals surface area contributed by atoms with Crippen LogP contribution in [0, 0.1) is 0 Å². The lowest BCUT2D eigenvalue weighted by molar-refractivity contribution is -0.114. The van der Waals surface area contributed by atoms with Gasteiger partial charge in [-0.25, -0.2) is 0 Å². The lowest BCUT2D eigenvalue weighted by Crippen LogP contribution is -2.33. The number of carbonyl (C=O) groups is 2. The van der Waals surface area contributed by atoms with Gasteiger partial charge >= 0.3 is 0 Å². The number of nitrogens with zero attached hydrogens (tertiary/aromatic N) is 1. The molecule has 0 aliphatic heterocycles. The summed E-state index contributed by atoms with van der Waals surface area (Å²) in [5, 5.41) is 2.70. The van der Waals surface area contributed by atoms with E-state index in [9.17, 15) is 9.59 Å². The van der Waals surface area contributed by atoms with Crippen LogP contribution in [0.25, 0.3) is 0 Å². The van der Waals surface area contributed by atoms with Crippen LogP contribution in [0.1, 0.15) is 42.7 Å². The fourth-order valence-corrected chi connectivity index (χ4v) is 2.74. The van der Waals surface area contributed by atoms with Gasteiger partial charge in [0.2, 0.25) is 5.91 Å². The van der Waals surface area contributed by atoms with Crippen LogP contribution in [0.3, 0.4) is 0 Å². The first-order valence-corrected chi connectivity index (χ1v) is 8.28. The van der Waals surface area contributed by atoms with E-state index in [2.05, 4.69) is 5.32 Å². The molecule has 1 atom stereocenters. The molecule has 0 bridgehead atoms. The van der Waals surface area contributed by atoms with Crippen molar-refractivity contribution in [3.8, 4) is 5.75 Å². The molecule has 2 aromatic rings. The van der Waals surface area contributed by atoms with Crippen molar-refractivity contribution >= 4 is 17.5 Å². The first-order valence-electron chi connectivity index (χ1n) is 8.28. The summed E-state index contributed by atoms with van der Waals surface area (Å²) in [6, 6.07) is 14.6. The molecular weight excluding hydrogens is 316 g/mol. The van der Waals surface area contributed by atoms with Crippen LogP contribution in [0.2, 0.25) is 0 Å². The standard InChI is InChI=1S/C20H24N2O3/c1-5-22(14(2)17-7-6-8-19(13-17)25-4)20(24)16-9-11-18(12-10-16)21-15(3)23/h6-14H,5H2,1-4H3,(H,21,23). The molecule has 2 amide bonds. The Labute approximate surface area is 148 Å². The maximum absolute atomic E-state index is 12.9. The van der Waals surface area contributed by atoms with Crippen molar-refractivity contribution in [3.63, 3.8) is 0 Å². The first-order chi connectivity index (χ1) is 12.0. The molecule has 0 saturated heterocycles. The highest BCUT2D eigenvalue weighted by molar-refractivity contribution is 5.95. The Morgan fingerprint density at radius 2 is 1.84 bits per heavy atom. The highest BCUT2D eigenvalue weighted by atomic mass is 16.5. The van der Waals surface area contributed by atoms with E-state index < -0.39 is 0 Å². The van der Waals surface area contributed by atoms with Gasteiger partial charge in [-0.3, -0.25) is 9.59 Å². The van der Waals surface area contributed by atoms with E-state index in [1.807, 2.05) is 43.0 Å². The average molecular weight is 340 g/mol. The topological polar surface area (TPSA) is 58.6 Å². The second kappa shape index (κ2) is 8.33. The van der Waals surface area contributed by atoms with Crippen LogP contribution >= 0.6 is 0 Å². The van der Waals surface area contributed by atoms with Gasteiger partial charge in [-0.15, -0.1) is 0 Å². The van der Waals surface area contributed by atoms with Gasteiger partial charge in [0.1, 0.15) is 5.75 Å². The first kappa shape index (κ1) is 18.5. The fourth-order valence-electron chi connectivity index (χ4n) is 2.74. The van der Waals surface area contributed by atoms with Crippen molar-refractivity contribution in [2.24, 2.45) is 0 Å². The molecule has 0 saturated carbocycles. The molecule has 1 unspecified atom stereocenters. The Morgan fingerprint density at radius 3 is 2.40 bits per heavy atom. The smallest absolute Gasteiger partial charge is 0.254 e. The van der Waals surface area contributed by atoms with E-state index in [0.29, 0.717) is 17.8 Å². The lowest BCUT2D eigenvalue weighted by Gasteiger charge is -2.29. The molecule has 0 aliphatic rings. The molecular formula is C20H24N2O3. The largest absolute Gasteiger partial charge is 0.497 e. The van der Waals surface area contributed by atoms with E-state index in [-0.39, 0.29) is 17.9 Å². The summed E-state index contributed by atoms with van der Waals surface area (Å²) >= 11 is 0. The summed E-state index contributed by atoms with van der Waals surface area (Å²) in [4.78, 5) is 25.8. The van der Waals surface area contributed by atoms with Crippen molar-refractivity contribution in [1.82, 2.24) is 4.90 Å². The predicted molar refractivity (Wildman–Crippen MR) is 98.9 cm³/mol. The van der Waals surface area contributed by atoms with Crippen LogP contribution in [0.4, 0.5) is 5.69 Å². The zero-order chi connectivity index (χ0) is 18.4. The molecule has 0 heterocycles. The molecule has 0 radical (unpaired) electrons. The zero-order valence-corrected chi connectivity index (χ0v) is 15.1. The predicted octanol–water partition coefficient (Wildman–Crippen LogP) is 3.88. The van der Waals surface area contributed by atoms with Gasteiger partial charge in [0.25, 0.3) is 5.91 Å². The molecule has 132 valence electrons. The van der Waals surface area contributed by atoms with E-state index in [1.165, 1.54) is 6.92 Å². The molecule has 2 rings (SSSR count). The molecule has 0 aliphatic carbocycles. The minimum Gasteiger partial charge on any atom is -0.497 e. The Kier molecular flexibility index (Phi) is 6.17. The zero-order valence-electron chi connectivity index (χ0n) is 15.1. The molecule has 0 spiro atoms. The van der Waals surface area contributed by atoms with Crippen LogP contribution in [-0.2, 0) is 4.79 Å². The van der Waals surface area contributed by atoms with Crippen LogP contribution in [0.15, 0.2) is 48.5 Å². The number of nitrogens with one attached hydrogen (secondary N) is 1. The molecule has 25 heavy (non-hydrogen) atoms. The number of hydrogen-bond donors (Lipinski definition) is 1. The summed E-state index contributed by atoms with van der Waals surface area (Å²) < 4.78 is 5.27. The number of hydrogen-bond acceptors (Lipinski definition) is 3. The van der Waals surface area contributed by atoms with Gasteiger partial charge in [-0.1, -0.05) is 12.1 Å². The van der Waals surface area contributed by atoms with E-state index in [0.717, 1.165) is 11.3 Å². The Morgan fingerprint density at radius 1 is 1.16 bits per heavy atom. The van der Waals surface area contributed by atoms with Gasteiger partial charge in [0, 0.05) is 24.7 Å². The molecule has 0 aromatic heterocycles. The third-order valence-electron chi connectivity index (χ3n) is 4.10. The number of methoxy groups -OCH3 is 1. The number of amides is 2. The third-order valence-corrected chi connectivity index (χ3v) is 4.10. The molecule has 2 aromatic carbocycles. The van der Waals surface area contributed by atoms with Crippen LogP contribution < -0.4 is 10.1 Å². The van der Waals surface area contributed by atoms with Crippen LogP contribution in [-0.4, -0.2) is 30.4 Å². The second-order valence-corrected chi connectivity index (χ2v) is 5.80. The molecule has 5 nitrogen and oxygen atoms in total. The molecule has 1 N–H and O–H groups in total. The van der Waals surface area contributed by atoms with Gasteiger partial charge in [0.15, 0.2) is 0 Å². The fraction of sp³-hybridized carbons (Fsp3) is 0.300. The Balaban J connectivity index is 2.20. The lowest BCUT2D eigenvalue weighted by atomic mass is 10.0. The quantitative estimate of drug-likeness (QED) is 0.868. The highest BCUT2D eigenvalue weighted by Gasteiger charge is 2.21. The summed E-state index contributed by atoms with van der Waals surface area (Å²) in [6.07, 6.45) is 0. The minimum absolute atomic E-state index is 0.0489. The average Bonchev–Trinajstić information content (AvgIpc) is 2.62. The number of rotatable bonds is 6. The maximum Gasteiger partial charge on any atom is 0.254 e. The van der Waals surface area contributed by atoms with Gasteiger partial charge in [-0.05, 0) is 55.8 Å². The summed E-state index contributed by atoms with van der Waals surface area (Å²) in [7, 11) is 1.63. The Bertz CT molecular complexity index is 741. The maximum atomic E-state index is 12.9. The minimum atomic E-state index is -0.138. The van der Waals surface area contributed by atoms with E-state index in [1.54, 1.807) is 31.4 Å². The van der Waals surface area contributed by atoms with Crippen molar-refractivity contribution in [2.75, 3.05) is 19.0 Å². The molecule has 0 fully saturated rings. The van der Waals surface area contributed by atoms with E-state index in [4.69, 9.17) is 4.74 Å². The third kappa shape index (κ3) is 4.59. The summed E-state index contributed by atoms with van der Waals surface area (Å²) in [5.41, 5.74) is 2.28. The SMILES string of the molecule is CCN(C(=O)c1ccc(NC(C)=O)cc1)C(C)c1cccc(OC)c1. The van der Waals surface area contributed by atoms with Crippen LogP contribution in [0.5, 0.6) is 5.75 Å².